The molecule has 0 spiro atoms. The molecule has 0 aliphatic heterocycles. The molecule has 0 saturated heterocycles. The summed E-state index contributed by atoms with van der Waals surface area (Å²) in [5, 5.41) is 9.44. The highest BCUT2D eigenvalue weighted by atomic mass is 19.1. The van der Waals surface area contributed by atoms with Gasteiger partial charge in [-0.2, -0.15) is 0 Å². The predicted molar refractivity (Wildman–Crippen MR) is 75.2 cm³/mol. The summed E-state index contributed by atoms with van der Waals surface area (Å²) in [6.45, 7) is 0.430. The van der Waals surface area contributed by atoms with E-state index in [4.69, 9.17) is 0 Å². The van der Waals surface area contributed by atoms with Crippen LogP contribution in [-0.2, 0) is 6.54 Å². The van der Waals surface area contributed by atoms with Crippen molar-refractivity contribution < 1.29 is 14.3 Å². The molecule has 1 fully saturated rings. The second kappa shape index (κ2) is 5.52. The lowest BCUT2D eigenvalue weighted by atomic mass is 10.1. The third-order valence-electron chi connectivity index (χ3n) is 3.49. The Balaban J connectivity index is 1.81. The summed E-state index contributed by atoms with van der Waals surface area (Å²) in [4.78, 5) is 18.1. The SMILES string of the molecule is O=C(c1cncc(O)c1)N(Cc1ccc(F)cc1)C1CC1. The normalized spacial score (nSPS) is 14.0. The van der Waals surface area contributed by atoms with E-state index in [2.05, 4.69) is 4.98 Å². The average molecular weight is 286 g/mol. The number of aromatic hydroxyl groups is 1. The minimum atomic E-state index is -0.291. The van der Waals surface area contributed by atoms with Crippen LogP contribution >= 0.6 is 0 Å². The Kier molecular flexibility index (Phi) is 3.56. The molecule has 1 aliphatic rings. The fourth-order valence-electron chi connectivity index (χ4n) is 2.25. The lowest BCUT2D eigenvalue weighted by Gasteiger charge is -2.22. The van der Waals surface area contributed by atoms with Crippen LogP contribution in [0.2, 0.25) is 0 Å². The Morgan fingerprint density at radius 3 is 2.62 bits per heavy atom. The van der Waals surface area contributed by atoms with Crippen molar-refractivity contribution in [2.45, 2.75) is 25.4 Å². The van der Waals surface area contributed by atoms with Crippen molar-refractivity contribution in [3.05, 3.63) is 59.7 Å². The van der Waals surface area contributed by atoms with Gasteiger partial charge >= 0.3 is 0 Å². The van der Waals surface area contributed by atoms with Gasteiger partial charge < -0.3 is 10.0 Å². The van der Waals surface area contributed by atoms with Crippen molar-refractivity contribution in [1.29, 1.82) is 0 Å². The Morgan fingerprint density at radius 1 is 1.29 bits per heavy atom. The highest BCUT2D eigenvalue weighted by Crippen LogP contribution is 2.30. The van der Waals surface area contributed by atoms with Crippen molar-refractivity contribution in [2.24, 2.45) is 0 Å². The van der Waals surface area contributed by atoms with Crippen LogP contribution in [0.4, 0.5) is 4.39 Å². The van der Waals surface area contributed by atoms with Gasteiger partial charge in [0.1, 0.15) is 11.6 Å². The Morgan fingerprint density at radius 2 is 2.00 bits per heavy atom. The van der Waals surface area contributed by atoms with E-state index < -0.39 is 0 Å². The maximum Gasteiger partial charge on any atom is 0.256 e. The number of aromatic nitrogens is 1. The molecule has 0 radical (unpaired) electrons. The zero-order valence-corrected chi connectivity index (χ0v) is 11.4. The van der Waals surface area contributed by atoms with Gasteiger partial charge in [-0.25, -0.2) is 4.39 Å². The van der Waals surface area contributed by atoms with Crippen LogP contribution in [0.5, 0.6) is 5.75 Å². The summed E-state index contributed by atoms with van der Waals surface area (Å²) < 4.78 is 12.9. The molecule has 108 valence electrons. The molecule has 2 aromatic rings. The molecule has 4 nitrogen and oxygen atoms in total. The van der Waals surface area contributed by atoms with E-state index in [0.717, 1.165) is 18.4 Å². The number of pyridine rings is 1. The van der Waals surface area contributed by atoms with Gasteiger partial charge in [-0.3, -0.25) is 9.78 Å². The maximum absolute atomic E-state index is 12.9. The molecule has 1 aliphatic carbocycles. The van der Waals surface area contributed by atoms with Gasteiger partial charge in [-0.1, -0.05) is 12.1 Å². The molecule has 1 N–H and O–H groups in total. The fraction of sp³-hybridized carbons (Fsp3) is 0.250. The summed E-state index contributed by atoms with van der Waals surface area (Å²) >= 11 is 0. The first-order chi connectivity index (χ1) is 10.1. The molecule has 0 bridgehead atoms. The molecule has 0 unspecified atom stereocenters. The zero-order chi connectivity index (χ0) is 14.8. The molecule has 1 aromatic carbocycles. The van der Waals surface area contributed by atoms with Crippen LogP contribution in [0, 0.1) is 5.82 Å². The van der Waals surface area contributed by atoms with Gasteiger partial charge in [-0.15, -0.1) is 0 Å². The minimum Gasteiger partial charge on any atom is -0.506 e. The van der Waals surface area contributed by atoms with E-state index in [1.54, 1.807) is 17.0 Å². The molecule has 1 aromatic heterocycles. The quantitative estimate of drug-likeness (QED) is 0.940. The van der Waals surface area contributed by atoms with E-state index in [1.807, 2.05) is 0 Å². The summed E-state index contributed by atoms with van der Waals surface area (Å²) in [5.74, 6) is -0.483. The second-order valence-corrected chi connectivity index (χ2v) is 5.22. The number of carbonyl (C=O) groups is 1. The monoisotopic (exact) mass is 286 g/mol. The number of nitrogens with zero attached hydrogens (tertiary/aromatic N) is 2. The number of carbonyl (C=O) groups excluding carboxylic acids is 1. The van der Waals surface area contributed by atoms with Crippen LogP contribution in [0.25, 0.3) is 0 Å². The Hall–Kier alpha value is -2.43. The van der Waals surface area contributed by atoms with E-state index in [1.165, 1.54) is 30.6 Å². The first-order valence-corrected chi connectivity index (χ1v) is 6.83. The molecule has 3 rings (SSSR count). The Bertz CT molecular complexity index is 654. The number of benzene rings is 1. The fourth-order valence-corrected chi connectivity index (χ4v) is 2.25. The lowest BCUT2D eigenvalue weighted by Crippen LogP contribution is -2.32. The van der Waals surface area contributed by atoms with Gasteiger partial charge in [0.2, 0.25) is 0 Å². The van der Waals surface area contributed by atoms with Crippen molar-refractivity contribution >= 4 is 5.91 Å². The van der Waals surface area contributed by atoms with Crippen molar-refractivity contribution in [2.75, 3.05) is 0 Å². The lowest BCUT2D eigenvalue weighted by molar-refractivity contribution is 0.0729. The molecule has 21 heavy (non-hydrogen) atoms. The highest BCUT2D eigenvalue weighted by molar-refractivity contribution is 5.94. The summed E-state index contributed by atoms with van der Waals surface area (Å²) in [6, 6.07) is 7.76. The molecule has 1 amide bonds. The number of halogens is 1. The largest absolute Gasteiger partial charge is 0.506 e. The van der Waals surface area contributed by atoms with E-state index in [0.29, 0.717) is 12.1 Å². The molecule has 1 saturated carbocycles. The average Bonchev–Trinajstić information content (AvgIpc) is 3.30. The van der Waals surface area contributed by atoms with Crippen LogP contribution in [0.1, 0.15) is 28.8 Å². The maximum atomic E-state index is 12.9. The van der Waals surface area contributed by atoms with E-state index in [-0.39, 0.29) is 23.5 Å². The number of rotatable bonds is 4. The van der Waals surface area contributed by atoms with Crippen molar-refractivity contribution in [3.8, 4) is 5.75 Å². The van der Waals surface area contributed by atoms with Gasteiger partial charge in [-0.05, 0) is 36.6 Å². The highest BCUT2D eigenvalue weighted by Gasteiger charge is 2.33. The number of hydrogen-bond donors (Lipinski definition) is 1. The van der Waals surface area contributed by atoms with E-state index in [9.17, 15) is 14.3 Å². The molecule has 0 atom stereocenters. The van der Waals surface area contributed by atoms with Crippen molar-refractivity contribution in [3.63, 3.8) is 0 Å². The minimum absolute atomic E-state index is 0.0293. The summed E-state index contributed by atoms with van der Waals surface area (Å²) in [6.07, 6.45) is 4.68. The standard InChI is InChI=1S/C16H15FN2O2/c17-13-3-1-11(2-4-13)10-19(14-5-6-14)16(21)12-7-15(20)9-18-8-12/h1-4,7-9,14,20H,5-6,10H2. The topological polar surface area (TPSA) is 53.4 Å². The van der Waals surface area contributed by atoms with E-state index >= 15 is 0 Å². The van der Waals surface area contributed by atoms with Gasteiger partial charge in [0.25, 0.3) is 5.91 Å². The first-order valence-electron chi connectivity index (χ1n) is 6.83. The van der Waals surface area contributed by atoms with Crippen LogP contribution < -0.4 is 0 Å². The van der Waals surface area contributed by atoms with Crippen LogP contribution in [0.3, 0.4) is 0 Å². The van der Waals surface area contributed by atoms with Crippen molar-refractivity contribution in [1.82, 2.24) is 9.88 Å². The molecular weight excluding hydrogens is 271 g/mol. The number of amides is 1. The summed E-state index contributed by atoms with van der Waals surface area (Å²) in [5.41, 5.74) is 1.24. The Labute approximate surface area is 121 Å². The smallest absolute Gasteiger partial charge is 0.256 e. The number of hydrogen-bond acceptors (Lipinski definition) is 3. The third-order valence-corrected chi connectivity index (χ3v) is 3.49. The van der Waals surface area contributed by atoms with Gasteiger partial charge in [0.05, 0.1) is 11.8 Å². The third kappa shape index (κ3) is 3.18. The summed E-state index contributed by atoms with van der Waals surface area (Å²) in [7, 11) is 0. The predicted octanol–water partition coefficient (Wildman–Crippen LogP) is 2.73. The molecule has 5 heteroatoms. The first kappa shape index (κ1) is 13.5. The zero-order valence-electron chi connectivity index (χ0n) is 11.4. The second-order valence-electron chi connectivity index (χ2n) is 5.22. The molecular formula is C16H15FN2O2. The van der Waals surface area contributed by atoms with Gasteiger partial charge in [0, 0.05) is 18.8 Å². The van der Waals surface area contributed by atoms with Gasteiger partial charge in [0.15, 0.2) is 0 Å². The van der Waals surface area contributed by atoms with Crippen LogP contribution in [-0.4, -0.2) is 26.9 Å². The van der Waals surface area contributed by atoms with Crippen LogP contribution in [0.15, 0.2) is 42.7 Å². The molecule has 1 heterocycles.